The molecule has 0 N–H and O–H groups in total. The standard InChI is InChI=1S/C12H19ClO3Si.C11H18O3Si.C11H18O2Si/c1-4-14-17(15-5-2,16-6-3)12-10-8-7-9-11(12)13;1-12-15(13-2,14-3)10-9-11-7-5-4-6-8-11;1-12-14(3,13-2)10-9-11-7-5-4-6-8-11/h7-10H,4-6H2,1-3H3;4-8H,9-10H2,1-3H3;4-8H,9-10H2,1-3H3. The van der Waals surface area contributed by atoms with Gasteiger partial charge in [0.05, 0.1) is 0 Å². The largest absolute Gasteiger partial charge is 0.538 e. The first kappa shape index (κ1) is 42.3. The van der Waals surface area contributed by atoms with Crippen LogP contribution in [-0.4, -0.2) is 81.5 Å². The summed E-state index contributed by atoms with van der Waals surface area (Å²) >= 11 is 6.21. The van der Waals surface area contributed by atoms with Gasteiger partial charge in [0.1, 0.15) is 0 Å². The third-order valence-electron chi connectivity index (χ3n) is 7.28. The van der Waals surface area contributed by atoms with Crippen LogP contribution in [0.15, 0.2) is 84.9 Å². The van der Waals surface area contributed by atoms with E-state index >= 15 is 0 Å². The maximum Gasteiger partial charge on any atom is 0.538 e. The van der Waals surface area contributed by atoms with Gasteiger partial charge < -0.3 is 35.4 Å². The van der Waals surface area contributed by atoms with E-state index in [4.69, 9.17) is 47.0 Å². The molecule has 0 heterocycles. The minimum Gasteiger partial charge on any atom is -0.398 e. The van der Waals surface area contributed by atoms with E-state index in [-0.39, 0.29) is 0 Å². The maximum atomic E-state index is 6.21. The molecule has 0 saturated heterocycles. The van der Waals surface area contributed by atoms with Crippen LogP contribution < -0.4 is 5.19 Å². The van der Waals surface area contributed by atoms with Gasteiger partial charge in [0.15, 0.2) is 0 Å². The minimum atomic E-state index is -2.85. The zero-order chi connectivity index (χ0) is 34.3. The SMILES string of the molecule is CCO[Si](OCC)(OCC)c1ccccc1Cl.CO[Si](C)(CCc1ccccc1)OC.CO[Si](CCc1ccccc1)(OC)OC. The summed E-state index contributed by atoms with van der Waals surface area (Å²) in [6, 6.07) is 30.1. The van der Waals surface area contributed by atoms with Crippen LogP contribution in [0, 0.1) is 0 Å². The molecule has 46 heavy (non-hydrogen) atoms. The number of hydrogen-bond acceptors (Lipinski definition) is 8. The summed E-state index contributed by atoms with van der Waals surface area (Å²) in [5, 5.41) is 1.47. The van der Waals surface area contributed by atoms with Crippen LogP contribution in [-0.2, 0) is 48.2 Å². The first-order valence-electron chi connectivity index (χ1n) is 15.7. The zero-order valence-electron chi connectivity index (χ0n) is 29.2. The Morgan fingerprint density at radius 2 is 0.913 bits per heavy atom. The Hall–Kier alpha value is -1.72. The molecule has 3 rings (SSSR count). The van der Waals surface area contributed by atoms with Crippen molar-refractivity contribution in [1.29, 1.82) is 0 Å². The summed E-state index contributed by atoms with van der Waals surface area (Å²) in [5.74, 6) is 0. The second-order valence-electron chi connectivity index (χ2n) is 10.1. The Morgan fingerprint density at radius 1 is 0.522 bits per heavy atom. The van der Waals surface area contributed by atoms with Crippen molar-refractivity contribution in [2.75, 3.05) is 55.4 Å². The molecule has 0 amide bonds. The predicted molar refractivity (Wildman–Crippen MR) is 194 cm³/mol. The van der Waals surface area contributed by atoms with Crippen molar-refractivity contribution in [2.45, 2.75) is 52.2 Å². The van der Waals surface area contributed by atoms with Crippen LogP contribution in [0.5, 0.6) is 0 Å². The summed E-state index contributed by atoms with van der Waals surface area (Å²) < 4.78 is 44.3. The lowest BCUT2D eigenvalue weighted by Gasteiger charge is -2.29. The van der Waals surface area contributed by atoms with Crippen molar-refractivity contribution in [2.24, 2.45) is 0 Å². The quantitative estimate of drug-likeness (QED) is 0.128. The highest BCUT2D eigenvalue weighted by Crippen LogP contribution is 2.18. The van der Waals surface area contributed by atoms with Gasteiger partial charge in [0.2, 0.25) is 0 Å². The first-order chi connectivity index (χ1) is 22.2. The van der Waals surface area contributed by atoms with Gasteiger partial charge in [-0.25, -0.2) is 0 Å². The fraction of sp³-hybridized carbons (Fsp3) is 0.471. The van der Waals surface area contributed by atoms with Crippen LogP contribution >= 0.6 is 11.6 Å². The third-order valence-corrected chi connectivity index (χ3v) is 16.5. The summed E-state index contributed by atoms with van der Waals surface area (Å²) in [4.78, 5) is 0. The van der Waals surface area contributed by atoms with E-state index in [1.54, 1.807) is 35.5 Å². The molecule has 8 nitrogen and oxygen atoms in total. The summed E-state index contributed by atoms with van der Waals surface area (Å²) in [5.41, 5.74) is 2.63. The molecular weight excluding hydrogens is 656 g/mol. The highest BCUT2D eigenvalue weighted by atomic mass is 35.5. The van der Waals surface area contributed by atoms with E-state index in [9.17, 15) is 0 Å². The van der Waals surface area contributed by atoms with Gasteiger partial charge in [-0.15, -0.1) is 0 Å². The predicted octanol–water partition coefficient (Wildman–Crippen LogP) is 7.30. The Balaban J connectivity index is 0.000000347. The molecule has 0 atom stereocenters. The van der Waals surface area contributed by atoms with E-state index < -0.39 is 26.2 Å². The number of benzene rings is 3. The lowest BCUT2D eigenvalue weighted by atomic mass is 10.2. The molecule has 0 aliphatic heterocycles. The first-order valence-corrected chi connectivity index (χ1v) is 22.2. The molecule has 12 heteroatoms. The van der Waals surface area contributed by atoms with Crippen LogP contribution in [0.3, 0.4) is 0 Å². The Morgan fingerprint density at radius 3 is 1.28 bits per heavy atom. The van der Waals surface area contributed by atoms with Crippen LogP contribution in [0.25, 0.3) is 0 Å². The number of halogens is 1. The topological polar surface area (TPSA) is 73.8 Å². The lowest BCUT2D eigenvalue weighted by molar-refractivity contribution is 0.0859. The van der Waals surface area contributed by atoms with E-state index in [0.717, 1.165) is 30.1 Å². The fourth-order valence-electron chi connectivity index (χ4n) is 4.44. The molecule has 0 spiro atoms. The van der Waals surface area contributed by atoms with Gasteiger partial charge in [-0.1, -0.05) is 90.5 Å². The molecule has 0 bridgehead atoms. The van der Waals surface area contributed by atoms with E-state index in [0.29, 0.717) is 24.8 Å². The highest BCUT2D eigenvalue weighted by molar-refractivity contribution is 6.77. The fourth-order valence-corrected chi connectivity index (χ4v) is 10.5. The lowest BCUT2D eigenvalue weighted by Crippen LogP contribution is -2.57. The zero-order valence-corrected chi connectivity index (χ0v) is 32.9. The molecule has 3 aromatic carbocycles. The smallest absolute Gasteiger partial charge is 0.398 e. The summed E-state index contributed by atoms with van der Waals surface area (Å²) in [6.07, 6.45) is 1.95. The van der Waals surface area contributed by atoms with Gasteiger partial charge >= 0.3 is 26.2 Å². The Kier molecular flexibility index (Phi) is 21.7. The van der Waals surface area contributed by atoms with Crippen molar-refractivity contribution in [3.63, 3.8) is 0 Å². The molecule has 0 unspecified atom stereocenters. The van der Waals surface area contributed by atoms with Gasteiger partial charge in [-0.05, 0) is 63.4 Å². The van der Waals surface area contributed by atoms with E-state index in [1.807, 2.05) is 69.3 Å². The number of hydrogen-bond donors (Lipinski definition) is 0. The van der Waals surface area contributed by atoms with Crippen molar-refractivity contribution in [1.82, 2.24) is 0 Å². The van der Waals surface area contributed by atoms with Crippen molar-refractivity contribution in [3.8, 4) is 0 Å². The molecule has 258 valence electrons. The average Bonchev–Trinajstić information content (AvgIpc) is 3.10. The molecular formula is C34H55ClO8Si3. The monoisotopic (exact) mass is 710 g/mol. The Bertz CT molecular complexity index is 1140. The van der Waals surface area contributed by atoms with Crippen molar-refractivity contribution >= 4 is 43.0 Å². The van der Waals surface area contributed by atoms with Crippen molar-refractivity contribution in [3.05, 3.63) is 101 Å². The molecule has 0 radical (unpaired) electrons. The average molecular weight is 712 g/mol. The van der Waals surface area contributed by atoms with Crippen molar-refractivity contribution < 1.29 is 35.4 Å². The van der Waals surface area contributed by atoms with Gasteiger partial charge in [-0.3, -0.25) is 0 Å². The maximum absolute atomic E-state index is 6.21. The molecule has 0 saturated carbocycles. The third kappa shape index (κ3) is 14.6. The molecule has 3 aromatic rings. The van der Waals surface area contributed by atoms with Gasteiger partial charge in [-0.2, -0.15) is 0 Å². The Labute approximate surface area is 286 Å². The van der Waals surface area contributed by atoms with Gasteiger partial charge in [0, 0.05) is 71.6 Å². The van der Waals surface area contributed by atoms with E-state index in [2.05, 4.69) is 42.9 Å². The van der Waals surface area contributed by atoms with Crippen LogP contribution in [0.4, 0.5) is 0 Å². The molecule has 0 aromatic heterocycles. The highest BCUT2D eigenvalue weighted by Gasteiger charge is 2.44. The molecule has 0 fully saturated rings. The molecule has 0 aliphatic rings. The molecule has 0 aliphatic carbocycles. The van der Waals surface area contributed by atoms with Crippen LogP contribution in [0.1, 0.15) is 31.9 Å². The number of rotatable bonds is 18. The second kappa shape index (κ2) is 23.6. The summed E-state index contributed by atoms with van der Waals surface area (Å²) in [6.45, 7) is 9.49. The van der Waals surface area contributed by atoms with Crippen LogP contribution in [0.2, 0.25) is 23.7 Å². The van der Waals surface area contributed by atoms with E-state index in [1.165, 1.54) is 11.1 Å². The second-order valence-corrected chi connectivity index (χ2v) is 19.7. The normalized spacial score (nSPS) is 11.7. The van der Waals surface area contributed by atoms with Gasteiger partial charge in [0.25, 0.3) is 0 Å². The number of aryl methyl sites for hydroxylation is 2. The summed E-state index contributed by atoms with van der Waals surface area (Å²) in [7, 11) is 1.27. The minimum absolute atomic E-state index is 0.539.